The van der Waals surface area contributed by atoms with E-state index < -0.39 is 0 Å². The van der Waals surface area contributed by atoms with Gasteiger partial charge in [-0.1, -0.05) is 60.7 Å². The second kappa shape index (κ2) is 10.3. The summed E-state index contributed by atoms with van der Waals surface area (Å²) in [5, 5.41) is 4.80. The molecular weight excluding hydrogens is 436 g/mol. The van der Waals surface area contributed by atoms with Crippen LogP contribution in [0.2, 0.25) is 0 Å². The summed E-state index contributed by atoms with van der Waals surface area (Å²) in [5.74, 6) is 0.329. The molecule has 3 aromatic rings. The summed E-state index contributed by atoms with van der Waals surface area (Å²) >= 11 is 7.29. The number of nitrogens with zero attached hydrogens (tertiary/aromatic N) is 1. The number of anilines is 1. The third kappa shape index (κ3) is 5.03. The van der Waals surface area contributed by atoms with Crippen molar-refractivity contribution in [3.63, 3.8) is 0 Å². The lowest BCUT2D eigenvalue weighted by atomic mass is 9.90. The molecular formula is C26H28N2O2S2. The van der Waals surface area contributed by atoms with E-state index in [9.17, 15) is 4.79 Å². The van der Waals surface area contributed by atoms with Gasteiger partial charge in [0.1, 0.15) is 10.6 Å². The minimum atomic E-state index is -0.347. The number of piperidine rings is 1. The molecule has 32 heavy (non-hydrogen) atoms. The molecule has 0 bridgehead atoms. The van der Waals surface area contributed by atoms with Crippen LogP contribution in [0.1, 0.15) is 33.6 Å². The maximum atomic E-state index is 12.7. The summed E-state index contributed by atoms with van der Waals surface area (Å²) < 4.78 is 5.12. The molecule has 1 aromatic heterocycles. The number of benzene rings is 2. The van der Waals surface area contributed by atoms with Crippen LogP contribution in [0.3, 0.4) is 0 Å². The first-order valence-electron chi connectivity index (χ1n) is 10.9. The average Bonchev–Trinajstić information content (AvgIpc) is 3.15. The molecule has 166 valence electrons. The summed E-state index contributed by atoms with van der Waals surface area (Å²) in [6.07, 6.45) is 3.34. The number of nitrogens with one attached hydrogen (secondary N) is 1. The Bertz CT molecular complexity index is 1070. The smallest absolute Gasteiger partial charge is 0.341 e. The van der Waals surface area contributed by atoms with Crippen LogP contribution in [-0.4, -0.2) is 36.2 Å². The van der Waals surface area contributed by atoms with Gasteiger partial charge < -0.3 is 15.0 Å². The molecule has 4 nitrogen and oxygen atoms in total. The molecule has 1 aliphatic heterocycles. The van der Waals surface area contributed by atoms with Gasteiger partial charge in [-0.3, -0.25) is 0 Å². The Kier molecular flexibility index (Phi) is 7.22. The summed E-state index contributed by atoms with van der Waals surface area (Å²) in [7, 11) is 1.42. The Morgan fingerprint density at radius 3 is 2.34 bits per heavy atom. The van der Waals surface area contributed by atoms with E-state index in [0.717, 1.165) is 53.4 Å². The number of aryl methyl sites for hydroxylation is 1. The normalized spacial score (nSPS) is 14.2. The molecule has 1 fully saturated rings. The van der Waals surface area contributed by atoms with Gasteiger partial charge in [0.15, 0.2) is 5.11 Å². The van der Waals surface area contributed by atoms with Crippen molar-refractivity contribution in [2.75, 3.05) is 25.5 Å². The summed E-state index contributed by atoms with van der Waals surface area (Å²) in [6.45, 7) is 3.88. The molecule has 0 unspecified atom stereocenters. The van der Waals surface area contributed by atoms with Crippen molar-refractivity contribution in [1.29, 1.82) is 0 Å². The predicted molar refractivity (Wildman–Crippen MR) is 136 cm³/mol. The van der Waals surface area contributed by atoms with Crippen LogP contribution in [0.5, 0.6) is 0 Å². The number of thiophene rings is 1. The van der Waals surface area contributed by atoms with Crippen LogP contribution in [0.25, 0.3) is 11.1 Å². The highest BCUT2D eigenvalue weighted by Crippen LogP contribution is 2.40. The van der Waals surface area contributed by atoms with E-state index in [1.165, 1.54) is 12.7 Å². The molecule has 0 atom stereocenters. The molecule has 2 aromatic carbocycles. The van der Waals surface area contributed by atoms with E-state index >= 15 is 0 Å². The summed E-state index contributed by atoms with van der Waals surface area (Å²) in [4.78, 5) is 16.0. The molecule has 2 heterocycles. The number of esters is 1. The third-order valence-electron chi connectivity index (χ3n) is 6.03. The van der Waals surface area contributed by atoms with Crippen molar-refractivity contribution in [2.24, 2.45) is 5.92 Å². The third-order valence-corrected chi connectivity index (χ3v) is 7.41. The van der Waals surface area contributed by atoms with Gasteiger partial charge in [-0.2, -0.15) is 0 Å². The van der Waals surface area contributed by atoms with E-state index in [2.05, 4.69) is 40.5 Å². The van der Waals surface area contributed by atoms with Gasteiger partial charge in [-0.05, 0) is 55.4 Å². The first-order chi connectivity index (χ1) is 15.6. The minimum Gasteiger partial charge on any atom is -0.465 e. The Labute approximate surface area is 199 Å². The molecule has 0 saturated carbocycles. The highest BCUT2D eigenvalue weighted by atomic mass is 32.1. The number of thiocarbonyl (C=S) groups is 1. The van der Waals surface area contributed by atoms with Crippen LogP contribution >= 0.6 is 23.6 Å². The lowest BCUT2D eigenvalue weighted by Crippen LogP contribution is -2.41. The quantitative estimate of drug-likeness (QED) is 0.362. The fraction of sp³-hybridized carbons (Fsp3) is 0.308. The first kappa shape index (κ1) is 22.5. The lowest BCUT2D eigenvalue weighted by Gasteiger charge is -2.33. The standard InChI is InChI=1S/C26H28N2O2S2/c1-18-22(21-11-7-4-8-12-21)23(25(29)30-2)24(32-18)27-26(31)28-15-13-20(14-16-28)17-19-9-5-3-6-10-19/h3-12,20H,13-17H2,1-2H3,(H,27,31). The number of likely N-dealkylation sites (tertiary alicyclic amines) is 1. The van der Waals surface area contributed by atoms with E-state index in [0.29, 0.717) is 16.6 Å². The van der Waals surface area contributed by atoms with Crippen molar-refractivity contribution >= 4 is 39.6 Å². The number of rotatable bonds is 5. The molecule has 1 aliphatic rings. The van der Waals surface area contributed by atoms with Gasteiger partial charge in [0.25, 0.3) is 0 Å². The van der Waals surface area contributed by atoms with Crippen molar-refractivity contribution in [3.05, 3.63) is 76.7 Å². The second-order valence-corrected chi connectivity index (χ2v) is 9.76. The first-order valence-corrected chi connectivity index (χ1v) is 12.2. The maximum Gasteiger partial charge on any atom is 0.341 e. The topological polar surface area (TPSA) is 41.6 Å². The van der Waals surface area contributed by atoms with Crippen molar-refractivity contribution in [3.8, 4) is 11.1 Å². The zero-order chi connectivity index (χ0) is 22.5. The number of carbonyl (C=O) groups is 1. The predicted octanol–water partition coefficient (Wildman–Crippen LogP) is 6.16. The van der Waals surface area contributed by atoms with E-state index in [1.54, 1.807) is 11.3 Å². The summed E-state index contributed by atoms with van der Waals surface area (Å²) in [5.41, 5.74) is 3.87. The van der Waals surface area contributed by atoms with Crippen LogP contribution in [0, 0.1) is 12.8 Å². The zero-order valence-corrected chi connectivity index (χ0v) is 20.1. The molecule has 1 saturated heterocycles. The molecule has 0 aliphatic carbocycles. The number of hydrogen-bond acceptors (Lipinski definition) is 4. The number of hydrogen-bond donors (Lipinski definition) is 1. The van der Waals surface area contributed by atoms with Gasteiger partial charge in [0.2, 0.25) is 0 Å². The van der Waals surface area contributed by atoms with E-state index in [-0.39, 0.29) is 5.97 Å². The maximum absolute atomic E-state index is 12.7. The Hall–Kier alpha value is -2.70. The Morgan fingerprint density at radius 2 is 1.72 bits per heavy atom. The highest BCUT2D eigenvalue weighted by molar-refractivity contribution is 7.80. The van der Waals surface area contributed by atoms with Crippen LogP contribution in [0.15, 0.2) is 60.7 Å². The van der Waals surface area contributed by atoms with Gasteiger partial charge in [-0.15, -0.1) is 11.3 Å². The number of carbonyl (C=O) groups excluding carboxylic acids is 1. The van der Waals surface area contributed by atoms with Crippen LogP contribution in [-0.2, 0) is 11.2 Å². The average molecular weight is 465 g/mol. The van der Waals surface area contributed by atoms with Gasteiger partial charge >= 0.3 is 5.97 Å². The van der Waals surface area contributed by atoms with Crippen LogP contribution < -0.4 is 5.32 Å². The molecule has 1 N–H and O–H groups in total. The van der Waals surface area contributed by atoms with Gasteiger partial charge in [0.05, 0.1) is 7.11 Å². The Balaban J connectivity index is 1.46. The minimum absolute atomic E-state index is 0.347. The largest absolute Gasteiger partial charge is 0.465 e. The summed E-state index contributed by atoms with van der Waals surface area (Å²) in [6, 6.07) is 20.6. The highest BCUT2D eigenvalue weighted by Gasteiger charge is 2.26. The molecule has 6 heteroatoms. The molecule has 0 amide bonds. The van der Waals surface area contributed by atoms with Gasteiger partial charge in [0, 0.05) is 23.5 Å². The van der Waals surface area contributed by atoms with Crippen molar-refractivity contribution in [2.45, 2.75) is 26.2 Å². The molecule has 4 rings (SSSR count). The molecule has 0 radical (unpaired) electrons. The lowest BCUT2D eigenvalue weighted by molar-refractivity contribution is 0.0603. The van der Waals surface area contributed by atoms with E-state index in [4.69, 9.17) is 17.0 Å². The van der Waals surface area contributed by atoms with Gasteiger partial charge in [-0.25, -0.2) is 4.79 Å². The zero-order valence-electron chi connectivity index (χ0n) is 18.5. The fourth-order valence-corrected chi connectivity index (χ4v) is 5.76. The number of ether oxygens (including phenoxy) is 1. The Morgan fingerprint density at radius 1 is 1.09 bits per heavy atom. The van der Waals surface area contributed by atoms with Crippen molar-refractivity contribution in [1.82, 2.24) is 4.90 Å². The second-order valence-electron chi connectivity index (χ2n) is 8.15. The monoisotopic (exact) mass is 464 g/mol. The molecule has 0 spiro atoms. The SMILES string of the molecule is COC(=O)c1c(NC(=S)N2CCC(Cc3ccccc3)CC2)sc(C)c1-c1ccccc1. The fourth-order valence-electron chi connectivity index (χ4n) is 4.35. The van der Waals surface area contributed by atoms with E-state index in [1.807, 2.05) is 37.3 Å². The van der Waals surface area contributed by atoms with Crippen molar-refractivity contribution < 1.29 is 9.53 Å². The number of methoxy groups -OCH3 is 1. The van der Waals surface area contributed by atoms with Crippen LogP contribution in [0.4, 0.5) is 5.00 Å².